The highest BCUT2D eigenvalue weighted by Gasteiger charge is 2.53. The molecule has 0 bridgehead atoms. The van der Waals surface area contributed by atoms with Gasteiger partial charge >= 0.3 is 17.5 Å². The molecule has 3 rings (SSSR count). The summed E-state index contributed by atoms with van der Waals surface area (Å²) in [6.45, 7) is 0. The van der Waals surface area contributed by atoms with Crippen LogP contribution in [0, 0.1) is 0 Å². The van der Waals surface area contributed by atoms with Gasteiger partial charge < -0.3 is 37.6 Å². The number of aliphatic carboxylic acids is 2. The maximum atomic E-state index is 11.5. The monoisotopic (exact) mass is 461 g/mol. The van der Waals surface area contributed by atoms with Crippen LogP contribution in [0.4, 0.5) is 0 Å². The van der Waals surface area contributed by atoms with Gasteiger partial charge in [0.25, 0.3) is 5.91 Å². The molecule has 0 atom stereocenters. The molecule has 0 unspecified atom stereocenters. The number of carbonyl (C=O) groups is 3. The van der Waals surface area contributed by atoms with E-state index in [1.165, 1.54) is 64.2 Å². The van der Waals surface area contributed by atoms with Crippen molar-refractivity contribution >= 4 is 17.8 Å². The zero-order chi connectivity index (χ0) is 23.3. The van der Waals surface area contributed by atoms with Crippen LogP contribution in [0.2, 0.25) is 0 Å². The number of hydrogen-bond donors (Lipinski definition) is 6. The quantitative estimate of drug-likeness (QED) is 0.333. The van der Waals surface area contributed by atoms with Crippen LogP contribution < -0.4 is 16.8 Å². The average molecular weight is 462 g/mol. The van der Waals surface area contributed by atoms with E-state index in [4.69, 9.17) is 21.7 Å². The number of rotatable bonds is 4. The second kappa shape index (κ2) is 16.0. The first kappa shape index (κ1) is 30.2. The van der Waals surface area contributed by atoms with E-state index in [1.54, 1.807) is 0 Å². The van der Waals surface area contributed by atoms with Gasteiger partial charge in [-0.25, -0.2) is 9.59 Å². The van der Waals surface area contributed by atoms with Crippen molar-refractivity contribution in [3.8, 4) is 0 Å². The van der Waals surface area contributed by atoms with E-state index in [0.717, 1.165) is 19.3 Å². The van der Waals surface area contributed by atoms with Crippen molar-refractivity contribution in [3.05, 3.63) is 0 Å². The van der Waals surface area contributed by atoms with Crippen molar-refractivity contribution in [1.82, 2.24) is 5.32 Å². The summed E-state index contributed by atoms with van der Waals surface area (Å²) >= 11 is 0. The number of amides is 1. The number of aliphatic hydroxyl groups is 1. The summed E-state index contributed by atoms with van der Waals surface area (Å²) in [6.07, 6.45) is 17.5. The van der Waals surface area contributed by atoms with Crippen molar-refractivity contribution in [2.24, 2.45) is 11.5 Å². The third-order valence-electron chi connectivity index (χ3n) is 6.19. The predicted molar refractivity (Wildman–Crippen MR) is 121 cm³/mol. The Morgan fingerprint density at radius 3 is 1.22 bits per heavy atom. The van der Waals surface area contributed by atoms with E-state index in [1.807, 2.05) is 0 Å². The minimum Gasteiger partial charge on any atom is -0.478 e. The maximum absolute atomic E-state index is 11.5. The first-order valence-electron chi connectivity index (χ1n) is 11.7. The van der Waals surface area contributed by atoms with Crippen molar-refractivity contribution in [2.45, 2.75) is 120 Å². The van der Waals surface area contributed by atoms with Gasteiger partial charge in [-0.1, -0.05) is 57.8 Å². The largest absolute Gasteiger partial charge is 0.478 e. The van der Waals surface area contributed by atoms with Gasteiger partial charge in [-0.2, -0.15) is 0 Å². The summed E-state index contributed by atoms with van der Waals surface area (Å²) in [7, 11) is 0. The lowest BCUT2D eigenvalue weighted by Gasteiger charge is -2.26. The number of nitrogens with one attached hydrogen (secondary N) is 1. The fraction of sp³-hybridized carbons (Fsp3) is 0.864. The molecule has 3 fully saturated rings. The van der Waals surface area contributed by atoms with Crippen LogP contribution in [0.15, 0.2) is 0 Å². The molecule has 188 valence electrons. The maximum Gasteiger partial charge on any atom is 0.357 e. The first-order valence-corrected chi connectivity index (χ1v) is 11.7. The molecule has 0 aromatic heterocycles. The predicted octanol–water partition coefficient (Wildman–Crippen LogP) is 1.07. The van der Waals surface area contributed by atoms with Crippen molar-refractivity contribution in [2.75, 3.05) is 0 Å². The molecule has 3 aliphatic rings. The van der Waals surface area contributed by atoms with Crippen LogP contribution in [-0.2, 0) is 14.4 Å². The van der Waals surface area contributed by atoms with Gasteiger partial charge in [-0.3, -0.25) is 4.79 Å². The molecule has 10 heteroatoms. The van der Waals surface area contributed by atoms with Gasteiger partial charge in [0.15, 0.2) is 0 Å². The van der Waals surface area contributed by atoms with Crippen LogP contribution >= 0.6 is 0 Å². The third kappa shape index (κ3) is 10.7. The SMILES string of the molecule is NC1CCCCC1.NC1CCCCC1.O.O=C(O)C(O)(C(=O)O)C(=O)NC1CCCCC1. The Morgan fingerprint density at radius 2 is 0.969 bits per heavy atom. The zero-order valence-electron chi connectivity index (χ0n) is 19.1. The van der Waals surface area contributed by atoms with E-state index in [0.29, 0.717) is 24.9 Å². The van der Waals surface area contributed by atoms with Crippen molar-refractivity contribution < 1.29 is 35.2 Å². The standard InChI is InChI=1S/C10H15NO6.2C6H13N.H2O/c12-7(10(17,8(13)14)9(15)16)11-6-4-2-1-3-5-6;2*7-6-4-2-1-3-5-6;/h6,17H,1-5H2,(H,11,12)(H,13,14)(H,15,16);2*6H,1-5,7H2;1H2. The van der Waals surface area contributed by atoms with Gasteiger partial charge in [0.2, 0.25) is 0 Å². The van der Waals surface area contributed by atoms with E-state index in [-0.39, 0.29) is 11.5 Å². The second-order valence-corrected chi connectivity index (χ2v) is 8.93. The molecular formula is C22H43N3O7. The van der Waals surface area contributed by atoms with Gasteiger partial charge in [0.1, 0.15) is 0 Å². The van der Waals surface area contributed by atoms with Gasteiger partial charge in [0, 0.05) is 18.1 Å². The molecule has 3 saturated carbocycles. The fourth-order valence-electron chi connectivity index (χ4n) is 4.09. The molecular weight excluding hydrogens is 418 g/mol. The lowest BCUT2D eigenvalue weighted by Crippen LogP contribution is -2.60. The minimum atomic E-state index is -3.41. The molecule has 10 N–H and O–H groups in total. The van der Waals surface area contributed by atoms with Gasteiger partial charge in [0.05, 0.1) is 0 Å². The van der Waals surface area contributed by atoms with Crippen LogP contribution in [-0.4, -0.2) is 62.4 Å². The van der Waals surface area contributed by atoms with Crippen molar-refractivity contribution in [3.63, 3.8) is 0 Å². The molecule has 0 heterocycles. The average Bonchev–Trinajstić information content (AvgIpc) is 2.75. The van der Waals surface area contributed by atoms with Crippen LogP contribution in [0.5, 0.6) is 0 Å². The molecule has 0 aromatic carbocycles. The summed E-state index contributed by atoms with van der Waals surface area (Å²) in [6, 6.07) is 0.809. The molecule has 1 amide bonds. The summed E-state index contributed by atoms with van der Waals surface area (Å²) in [5.41, 5.74) is 7.86. The fourth-order valence-corrected chi connectivity index (χ4v) is 4.09. The Balaban J connectivity index is 0.000000525. The molecule has 0 aliphatic heterocycles. The molecule has 0 saturated heterocycles. The molecule has 10 nitrogen and oxygen atoms in total. The number of hydrogen-bond acceptors (Lipinski definition) is 6. The van der Waals surface area contributed by atoms with E-state index in [2.05, 4.69) is 5.32 Å². The van der Waals surface area contributed by atoms with Crippen LogP contribution in [0.25, 0.3) is 0 Å². The Kier molecular flexibility index (Phi) is 15.1. The van der Waals surface area contributed by atoms with Gasteiger partial charge in [-0.05, 0) is 38.5 Å². The van der Waals surface area contributed by atoms with Crippen LogP contribution in [0.3, 0.4) is 0 Å². The van der Waals surface area contributed by atoms with E-state index in [9.17, 15) is 19.5 Å². The highest BCUT2D eigenvalue weighted by Crippen LogP contribution is 2.19. The molecule has 0 aromatic rings. The Morgan fingerprint density at radius 1 is 0.656 bits per heavy atom. The van der Waals surface area contributed by atoms with E-state index >= 15 is 0 Å². The Hall–Kier alpha value is -1.75. The Bertz CT molecular complexity index is 526. The number of carboxylic acids is 2. The summed E-state index contributed by atoms with van der Waals surface area (Å²) in [4.78, 5) is 32.8. The zero-order valence-corrected chi connectivity index (χ0v) is 19.1. The lowest BCUT2D eigenvalue weighted by atomic mass is 9.94. The minimum absolute atomic E-state index is 0. The number of carbonyl (C=O) groups excluding carboxylic acids is 1. The summed E-state index contributed by atoms with van der Waals surface area (Å²) < 4.78 is 0. The molecule has 3 aliphatic carbocycles. The molecule has 0 spiro atoms. The Labute approximate surface area is 190 Å². The number of nitrogens with two attached hydrogens (primary N) is 2. The number of carboxylic acid groups (broad SMARTS) is 2. The van der Waals surface area contributed by atoms with Gasteiger partial charge in [-0.15, -0.1) is 0 Å². The molecule has 32 heavy (non-hydrogen) atoms. The molecule has 0 radical (unpaired) electrons. The van der Waals surface area contributed by atoms with E-state index < -0.39 is 23.4 Å². The summed E-state index contributed by atoms with van der Waals surface area (Å²) in [5.74, 6) is -5.55. The first-order chi connectivity index (χ1) is 14.7. The highest BCUT2D eigenvalue weighted by molar-refractivity contribution is 6.22. The van der Waals surface area contributed by atoms with Crippen LogP contribution in [0.1, 0.15) is 96.3 Å². The smallest absolute Gasteiger partial charge is 0.357 e. The lowest BCUT2D eigenvalue weighted by molar-refractivity contribution is -0.180. The topological polar surface area (TPSA) is 207 Å². The van der Waals surface area contributed by atoms with Crippen molar-refractivity contribution in [1.29, 1.82) is 0 Å². The highest BCUT2D eigenvalue weighted by atomic mass is 16.5. The summed E-state index contributed by atoms with van der Waals surface area (Å²) in [5, 5.41) is 28.8. The third-order valence-corrected chi connectivity index (χ3v) is 6.19. The normalized spacial score (nSPS) is 20.3. The second-order valence-electron chi connectivity index (χ2n) is 8.93.